The van der Waals surface area contributed by atoms with Gasteiger partial charge >= 0.3 is 0 Å². The third kappa shape index (κ3) is 4.67. The van der Waals surface area contributed by atoms with Crippen LogP contribution in [0, 0.1) is 13.8 Å². The molecule has 7 heteroatoms. The molecule has 0 bridgehead atoms. The second-order valence-corrected chi connectivity index (χ2v) is 8.59. The van der Waals surface area contributed by atoms with Crippen molar-refractivity contribution in [3.63, 3.8) is 0 Å². The van der Waals surface area contributed by atoms with Crippen LogP contribution in [0.2, 0.25) is 0 Å². The molecule has 168 valence electrons. The highest BCUT2D eigenvalue weighted by atomic mass is 16.1. The molecule has 2 aromatic heterocycles. The summed E-state index contributed by atoms with van der Waals surface area (Å²) in [6.07, 6.45) is 2.70. The highest BCUT2D eigenvalue weighted by molar-refractivity contribution is 5.96. The van der Waals surface area contributed by atoms with Crippen LogP contribution in [0.3, 0.4) is 0 Å². The molecule has 2 aromatic carbocycles. The van der Waals surface area contributed by atoms with Gasteiger partial charge in [0.05, 0.1) is 6.42 Å². The smallest absolute Gasteiger partial charge is 0.228 e. The molecule has 33 heavy (non-hydrogen) atoms. The number of hydrogen-bond donors (Lipinski definition) is 3. The largest absolute Gasteiger partial charge is 0.358 e. The van der Waals surface area contributed by atoms with Gasteiger partial charge < -0.3 is 20.5 Å². The second kappa shape index (κ2) is 8.94. The zero-order chi connectivity index (χ0) is 22.8. The summed E-state index contributed by atoms with van der Waals surface area (Å²) in [4.78, 5) is 27.5. The second-order valence-electron chi connectivity index (χ2n) is 8.59. The van der Waals surface area contributed by atoms with Gasteiger partial charge in [0.2, 0.25) is 11.9 Å². The highest BCUT2D eigenvalue weighted by Gasteiger charge is 2.16. The summed E-state index contributed by atoms with van der Waals surface area (Å²) in [6.45, 7) is 6.01. The van der Waals surface area contributed by atoms with Crippen LogP contribution in [0.15, 0.2) is 54.6 Å². The van der Waals surface area contributed by atoms with Crippen molar-refractivity contribution in [2.75, 3.05) is 28.6 Å². The van der Waals surface area contributed by atoms with Crippen LogP contribution >= 0.6 is 0 Å². The molecule has 1 amide bonds. The summed E-state index contributed by atoms with van der Waals surface area (Å²) in [6, 6.07) is 17.7. The maximum atomic E-state index is 12.7. The number of carbonyl (C=O) groups excluding carboxylic acids is 1. The minimum Gasteiger partial charge on any atom is -0.358 e. The molecule has 0 aliphatic carbocycles. The molecule has 3 N–H and O–H groups in total. The molecular formula is C26H28N6O. The first-order valence-corrected chi connectivity index (χ1v) is 11.4. The molecule has 0 atom stereocenters. The minimum absolute atomic E-state index is 0.0368. The Bertz CT molecular complexity index is 1290. The number of aryl methyl sites for hydroxylation is 2. The van der Waals surface area contributed by atoms with E-state index >= 15 is 0 Å². The van der Waals surface area contributed by atoms with Gasteiger partial charge in [0.1, 0.15) is 5.82 Å². The van der Waals surface area contributed by atoms with Gasteiger partial charge in [0.15, 0.2) is 0 Å². The number of carbonyl (C=O) groups is 1. The van der Waals surface area contributed by atoms with Crippen molar-refractivity contribution in [3.8, 4) is 0 Å². The zero-order valence-electron chi connectivity index (χ0n) is 19.0. The first-order chi connectivity index (χ1) is 16.0. The van der Waals surface area contributed by atoms with Gasteiger partial charge in [0.25, 0.3) is 0 Å². The number of H-pyrrole nitrogens is 1. The molecule has 5 rings (SSSR count). The van der Waals surface area contributed by atoms with Crippen molar-refractivity contribution in [2.45, 2.75) is 33.1 Å². The number of amides is 1. The Morgan fingerprint density at radius 2 is 1.73 bits per heavy atom. The van der Waals surface area contributed by atoms with Crippen LogP contribution in [0.1, 0.15) is 29.8 Å². The van der Waals surface area contributed by atoms with E-state index in [-0.39, 0.29) is 5.91 Å². The molecule has 3 heterocycles. The van der Waals surface area contributed by atoms with Crippen LogP contribution in [-0.2, 0) is 11.2 Å². The van der Waals surface area contributed by atoms with E-state index in [1.165, 1.54) is 12.8 Å². The molecule has 1 saturated heterocycles. The van der Waals surface area contributed by atoms with E-state index in [0.717, 1.165) is 64.1 Å². The van der Waals surface area contributed by atoms with Crippen molar-refractivity contribution < 1.29 is 4.79 Å². The maximum Gasteiger partial charge on any atom is 0.228 e. The molecular weight excluding hydrogens is 412 g/mol. The summed E-state index contributed by atoms with van der Waals surface area (Å²) in [5, 5.41) is 7.46. The van der Waals surface area contributed by atoms with Gasteiger partial charge in [-0.3, -0.25) is 4.79 Å². The van der Waals surface area contributed by atoms with Crippen LogP contribution in [0.4, 0.5) is 23.1 Å². The Morgan fingerprint density at radius 3 is 2.52 bits per heavy atom. The Morgan fingerprint density at radius 1 is 1.00 bits per heavy atom. The molecule has 7 nitrogen and oxygen atoms in total. The van der Waals surface area contributed by atoms with Crippen molar-refractivity contribution in [3.05, 3.63) is 71.5 Å². The van der Waals surface area contributed by atoms with Crippen LogP contribution in [0.5, 0.6) is 0 Å². The molecule has 4 aromatic rings. The first-order valence-electron chi connectivity index (χ1n) is 11.4. The summed E-state index contributed by atoms with van der Waals surface area (Å²) in [5.74, 6) is 1.52. The van der Waals surface area contributed by atoms with Crippen molar-refractivity contribution in [2.24, 2.45) is 0 Å². The fraction of sp³-hybridized carbons (Fsp3) is 0.269. The molecule has 1 aliphatic heterocycles. The van der Waals surface area contributed by atoms with Gasteiger partial charge in [-0.2, -0.15) is 4.98 Å². The van der Waals surface area contributed by atoms with Crippen molar-refractivity contribution in [1.29, 1.82) is 0 Å². The van der Waals surface area contributed by atoms with E-state index in [1.54, 1.807) is 0 Å². The number of anilines is 4. The van der Waals surface area contributed by atoms with Crippen LogP contribution in [-0.4, -0.2) is 33.9 Å². The average Bonchev–Trinajstić information content (AvgIpc) is 3.44. The Labute approximate surface area is 193 Å². The molecule has 0 unspecified atom stereocenters. The van der Waals surface area contributed by atoms with Crippen molar-refractivity contribution in [1.82, 2.24) is 15.0 Å². The number of aromatic nitrogens is 3. The lowest BCUT2D eigenvalue weighted by atomic mass is 10.1. The number of benzene rings is 2. The van der Waals surface area contributed by atoms with E-state index < -0.39 is 0 Å². The summed E-state index contributed by atoms with van der Waals surface area (Å²) < 4.78 is 0. The number of rotatable bonds is 6. The van der Waals surface area contributed by atoms with Gasteiger partial charge in [-0.1, -0.05) is 18.2 Å². The predicted molar refractivity (Wildman–Crippen MR) is 133 cm³/mol. The molecule has 0 spiro atoms. The van der Waals surface area contributed by atoms with E-state index in [0.29, 0.717) is 6.42 Å². The quantitative estimate of drug-likeness (QED) is 0.388. The summed E-state index contributed by atoms with van der Waals surface area (Å²) in [5.41, 5.74) is 5.73. The fourth-order valence-electron chi connectivity index (χ4n) is 4.39. The molecule has 1 aliphatic rings. The highest BCUT2D eigenvalue weighted by Crippen LogP contribution is 2.24. The average molecular weight is 441 g/mol. The number of fused-ring (bicyclic) bond motifs is 1. The third-order valence-electron chi connectivity index (χ3n) is 6.04. The number of nitrogens with one attached hydrogen (secondary N) is 3. The number of aromatic amines is 1. The van der Waals surface area contributed by atoms with E-state index in [1.807, 2.05) is 68.4 Å². The standard InChI is InChI=1S/C26H28N6O/c1-17-15-24(31-26(27-17)32-13-5-6-14-32)29-19-9-11-20(12-10-19)30-25(33)16-22-18(2)28-23-8-4-3-7-21(22)23/h3-4,7-12,15,28H,5-6,13-14,16H2,1-2H3,(H,30,33)(H,27,29,31). The number of para-hydroxylation sites is 1. The minimum atomic E-state index is -0.0368. The molecule has 1 fully saturated rings. The van der Waals surface area contributed by atoms with Gasteiger partial charge in [0, 0.05) is 52.8 Å². The van der Waals surface area contributed by atoms with E-state index in [2.05, 4.69) is 30.5 Å². The monoisotopic (exact) mass is 440 g/mol. The van der Waals surface area contributed by atoms with E-state index in [9.17, 15) is 4.79 Å². The third-order valence-corrected chi connectivity index (χ3v) is 6.04. The zero-order valence-corrected chi connectivity index (χ0v) is 19.0. The lowest BCUT2D eigenvalue weighted by Crippen LogP contribution is -2.21. The van der Waals surface area contributed by atoms with Gasteiger partial charge in [-0.15, -0.1) is 0 Å². The van der Waals surface area contributed by atoms with E-state index in [4.69, 9.17) is 0 Å². The topological polar surface area (TPSA) is 85.9 Å². The lowest BCUT2D eigenvalue weighted by molar-refractivity contribution is -0.115. The Balaban J connectivity index is 1.24. The fourth-order valence-corrected chi connectivity index (χ4v) is 4.39. The SMILES string of the molecule is Cc1cc(Nc2ccc(NC(=O)Cc3c(C)[nH]c4ccccc34)cc2)nc(N2CCCC2)n1. The van der Waals surface area contributed by atoms with Crippen LogP contribution in [0.25, 0.3) is 10.9 Å². The summed E-state index contributed by atoms with van der Waals surface area (Å²) in [7, 11) is 0. The molecule has 0 radical (unpaired) electrons. The normalized spacial score (nSPS) is 13.5. The maximum absolute atomic E-state index is 12.7. The first kappa shape index (κ1) is 21.0. The van der Waals surface area contributed by atoms with Crippen molar-refractivity contribution >= 4 is 40.0 Å². The Hall–Kier alpha value is -3.87. The number of hydrogen-bond acceptors (Lipinski definition) is 5. The predicted octanol–water partition coefficient (Wildman–Crippen LogP) is 5.10. The molecule has 0 saturated carbocycles. The van der Waals surface area contributed by atoms with Crippen LogP contribution < -0.4 is 15.5 Å². The van der Waals surface area contributed by atoms with Gasteiger partial charge in [-0.25, -0.2) is 4.98 Å². The summed E-state index contributed by atoms with van der Waals surface area (Å²) >= 11 is 0. The lowest BCUT2D eigenvalue weighted by Gasteiger charge is -2.17. The Kier molecular flexibility index (Phi) is 5.69. The number of nitrogens with zero attached hydrogens (tertiary/aromatic N) is 3. The van der Waals surface area contributed by atoms with Gasteiger partial charge in [-0.05, 0) is 62.6 Å².